The quantitative estimate of drug-likeness (QED) is 0.367. The maximum atomic E-state index is 11.3. The van der Waals surface area contributed by atoms with Crippen LogP contribution < -0.4 is 18.9 Å². The van der Waals surface area contributed by atoms with Gasteiger partial charge in [-0.05, 0) is 67.5 Å². The first-order chi connectivity index (χ1) is 15.7. The number of hydrogen-bond donors (Lipinski definition) is 2. The average molecular weight is 461 g/mol. The predicted molar refractivity (Wildman–Crippen MR) is 122 cm³/mol. The summed E-state index contributed by atoms with van der Waals surface area (Å²) in [6.07, 6.45) is 0.856. The molecule has 2 N–H and O–H groups in total. The van der Waals surface area contributed by atoms with Crippen molar-refractivity contribution in [3.05, 3.63) is 47.5 Å². The molecule has 0 fully saturated rings. The van der Waals surface area contributed by atoms with E-state index in [9.17, 15) is 19.8 Å². The summed E-state index contributed by atoms with van der Waals surface area (Å²) in [6, 6.07) is 10.6. The molecular formula is C25H32O8. The number of carbonyl (C=O) groups is 2. The minimum absolute atomic E-state index is 0.236. The fraction of sp³-hybridized carbons (Fsp3) is 0.440. The Hall–Kier alpha value is -3.10. The van der Waals surface area contributed by atoms with Crippen LogP contribution >= 0.6 is 0 Å². The molecular weight excluding hydrogens is 428 g/mol. The number of ether oxygens (including phenoxy) is 4. The van der Waals surface area contributed by atoms with Gasteiger partial charge in [-0.3, -0.25) is 9.59 Å². The fourth-order valence-corrected chi connectivity index (χ4v) is 3.44. The Morgan fingerprint density at radius 1 is 0.727 bits per heavy atom. The highest BCUT2D eigenvalue weighted by atomic mass is 16.6. The molecule has 0 radical (unpaired) electrons. The van der Waals surface area contributed by atoms with Gasteiger partial charge >= 0.3 is 11.9 Å². The van der Waals surface area contributed by atoms with Crippen molar-refractivity contribution in [1.29, 1.82) is 0 Å². The molecule has 2 aromatic rings. The second-order valence-electron chi connectivity index (χ2n) is 7.78. The molecule has 0 spiro atoms. The molecule has 2 unspecified atom stereocenters. The summed E-state index contributed by atoms with van der Waals surface area (Å²) in [6.45, 7) is 2.64. The van der Waals surface area contributed by atoms with Gasteiger partial charge in [0.1, 0.15) is 0 Å². The molecule has 8 nitrogen and oxygen atoms in total. The third-order valence-electron chi connectivity index (χ3n) is 5.04. The van der Waals surface area contributed by atoms with Gasteiger partial charge in [-0.15, -0.1) is 0 Å². The number of methoxy groups -OCH3 is 2. The van der Waals surface area contributed by atoms with E-state index in [1.165, 1.54) is 28.1 Å². The van der Waals surface area contributed by atoms with E-state index in [-0.39, 0.29) is 6.42 Å². The van der Waals surface area contributed by atoms with E-state index < -0.39 is 24.1 Å². The highest BCUT2D eigenvalue weighted by molar-refractivity contribution is 5.71. The molecule has 2 atom stereocenters. The van der Waals surface area contributed by atoms with Crippen molar-refractivity contribution in [2.24, 2.45) is 0 Å². The van der Waals surface area contributed by atoms with Gasteiger partial charge in [-0.2, -0.15) is 0 Å². The van der Waals surface area contributed by atoms with Crippen LogP contribution in [-0.2, 0) is 22.4 Å². The Morgan fingerprint density at radius 2 is 1.12 bits per heavy atom. The number of esters is 2. The van der Waals surface area contributed by atoms with Crippen LogP contribution in [0.5, 0.6) is 23.0 Å². The fourth-order valence-electron chi connectivity index (χ4n) is 3.44. The van der Waals surface area contributed by atoms with Crippen LogP contribution in [0.25, 0.3) is 0 Å². The molecule has 2 rings (SSSR count). The molecule has 0 saturated heterocycles. The van der Waals surface area contributed by atoms with E-state index in [0.29, 0.717) is 48.7 Å². The molecule has 8 heteroatoms. The van der Waals surface area contributed by atoms with Gasteiger partial charge in [-0.1, -0.05) is 12.1 Å². The van der Waals surface area contributed by atoms with Gasteiger partial charge in [0.25, 0.3) is 0 Å². The summed E-state index contributed by atoms with van der Waals surface area (Å²) in [4.78, 5) is 22.5. The molecule has 180 valence electrons. The summed E-state index contributed by atoms with van der Waals surface area (Å²) in [5.74, 6) is 0.714. The smallest absolute Gasteiger partial charge is 0.308 e. The molecule has 0 heterocycles. The molecule has 0 aliphatic carbocycles. The lowest BCUT2D eigenvalue weighted by Gasteiger charge is -2.17. The normalized spacial score (nSPS) is 12.5. The van der Waals surface area contributed by atoms with Crippen molar-refractivity contribution in [3.8, 4) is 23.0 Å². The minimum atomic E-state index is -0.688. The van der Waals surface area contributed by atoms with Crippen LogP contribution in [0, 0.1) is 0 Å². The Balaban J connectivity index is 1.86. The zero-order valence-corrected chi connectivity index (χ0v) is 19.5. The number of benzene rings is 2. The predicted octanol–water partition coefficient (Wildman–Crippen LogP) is 3.23. The third-order valence-corrected chi connectivity index (χ3v) is 5.04. The first-order valence-corrected chi connectivity index (χ1v) is 10.8. The van der Waals surface area contributed by atoms with Crippen LogP contribution in [0.15, 0.2) is 36.4 Å². The number of carbonyl (C=O) groups excluding carboxylic acids is 2. The van der Waals surface area contributed by atoms with E-state index in [0.717, 1.165) is 11.1 Å². The van der Waals surface area contributed by atoms with E-state index in [1.807, 2.05) is 12.1 Å². The zero-order chi connectivity index (χ0) is 24.4. The zero-order valence-electron chi connectivity index (χ0n) is 19.5. The summed E-state index contributed by atoms with van der Waals surface area (Å²) < 4.78 is 20.7. The number of hydrogen-bond acceptors (Lipinski definition) is 8. The van der Waals surface area contributed by atoms with Crippen LogP contribution in [0.4, 0.5) is 0 Å². The number of aryl methyl sites for hydroxylation is 2. The van der Waals surface area contributed by atoms with Gasteiger partial charge in [-0.25, -0.2) is 0 Å². The first-order valence-electron chi connectivity index (χ1n) is 10.8. The third kappa shape index (κ3) is 8.75. The van der Waals surface area contributed by atoms with Crippen molar-refractivity contribution in [3.63, 3.8) is 0 Å². The second kappa shape index (κ2) is 12.8. The highest BCUT2D eigenvalue weighted by Gasteiger charge is 2.15. The maximum absolute atomic E-state index is 11.3. The van der Waals surface area contributed by atoms with Gasteiger partial charge in [0.15, 0.2) is 23.0 Å². The van der Waals surface area contributed by atoms with Crippen molar-refractivity contribution >= 4 is 11.9 Å². The summed E-state index contributed by atoms with van der Waals surface area (Å²) in [5, 5.41) is 20.7. The molecule has 0 aliphatic rings. The summed E-state index contributed by atoms with van der Waals surface area (Å²) >= 11 is 0. The highest BCUT2D eigenvalue weighted by Crippen LogP contribution is 2.30. The van der Waals surface area contributed by atoms with Crippen LogP contribution in [-0.4, -0.2) is 48.6 Å². The van der Waals surface area contributed by atoms with Crippen molar-refractivity contribution in [1.82, 2.24) is 0 Å². The van der Waals surface area contributed by atoms with E-state index in [1.54, 1.807) is 24.3 Å². The molecule has 0 saturated carbocycles. The maximum Gasteiger partial charge on any atom is 0.308 e. The largest absolute Gasteiger partial charge is 0.493 e. The van der Waals surface area contributed by atoms with Crippen LogP contribution in [0.3, 0.4) is 0 Å². The average Bonchev–Trinajstić information content (AvgIpc) is 2.75. The molecule has 0 bridgehead atoms. The first kappa shape index (κ1) is 26.2. The Labute approximate surface area is 194 Å². The van der Waals surface area contributed by atoms with E-state index >= 15 is 0 Å². The topological polar surface area (TPSA) is 112 Å². The Kier molecular flexibility index (Phi) is 10.2. The van der Waals surface area contributed by atoms with Gasteiger partial charge in [0.05, 0.1) is 26.4 Å². The Bertz CT molecular complexity index is 864. The molecule has 33 heavy (non-hydrogen) atoms. The number of aliphatic hydroxyl groups is 2. The Morgan fingerprint density at radius 3 is 1.45 bits per heavy atom. The molecule has 0 amide bonds. The lowest BCUT2D eigenvalue weighted by atomic mass is 9.99. The van der Waals surface area contributed by atoms with Crippen LogP contribution in [0.1, 0.15) is 44.2 Å². The summed E-state index contributed by atoms with van der Waals surface area (Å²) in [5.41, 5.74) is 1.77. The van der Waals surface area contributed by atoms with E-state index in [2.05, 4.69) is 0 Å². The van der Waals surface area contributed by atoms with E-state index in [4.69, 9.17) is 18.9 Å². The number of rotatable bonds is 12. The van der Waals surface area contributed by atoms with Gasteiger partial charge in [0.2, 0.25) is 0 Å². The second-order valence-corrected chi connectivity index (χ2v) is 7.78. The monoisotopic (exact) mass is 460 g/mol. The molecule has 0 aromatic heterocycles. The molecule has 2 aromatic carbocycles. The van der Waals surface area contributed by atoms with Crippen molar-refractivity contribution in [2.75, 3.05) is 14.2 Å². The lowest BCUT2D eigenvalue weighted by molar-refractivity contribution is -0.132. The standard InChI is InChI=1S/C25H32O8/c1-16(26)32-24-13-18(7-11-22(24)30-3)5-9-20(28)15-21(29)10-6-19-8-12-23(31-4)25(14-19)33-17(2)27/h7-8,11-14,20-21,28-29H,5-6,9-10,15H2,1-4H3. The summed E-state index contributed by atoms with van der Waals surface area (Å²) in [7, 11) is 2.99. The minimum Gasteiger partial charge on any atom is -0.493 e. The lowest BCUT2D eigenvalue weighted by Crippen LogP contribution is -2.19. The number of aliphatic hydroxyl groups excluding tert-OH is 2. The van der Waals surface area contributed by atoms with Gasteiger partial charge in [0, 0.05) is 13.8 Å². The SMILES string of the molecule is COc1ccc(CCC(O)CC(O)CCc2ccc(OC)c(OC(C)=O)c2)cc1OC(C)=O. The molecule has 0 aliphatic heterocycles. The van der Waals surface area contributed by atoms with Crippen molar-refractivity contribution < 1.29 is 38.7 Å². The van der Waals surface area contributed by atoms with Gasteiger partial charge < -0.3 is 29.2 Å². The van der Waals surface area contributed by atoms with Crippen molar-refractivity contribution in [2.45, 2.75) is 58.2 Å². The van der Waals surface area contributed by atoms with Crippen LogP contribution in [0.2, 0.25) is 0 Å².